The van der Waals surface area contributed by atoms with Crippen molar-refractivity contribution >= 4 is 10.0 Å². The van der Waals surface area contributed by atoms with Crippen LogP contribution in [0, 0.1) is 0 Å². The first-order valence-electron chi connectivity index (χ1n) is 4.54. The summed E-state index contributed by atoms with van der Waals surface area (Å²) >= 11 is 0. The third-order valence-electron chi connectivity index (χ3n) is 2.08. The predicted octanol–water partition coefficient (Wildman–Crippen LogP) is 0.570. The maximum Gasteiger partial charge on any atom is 0.217 e. The van der Waals surface area contributed by atoms with Crippen molar-refractivity contribution in [1.29, 1.82) is 0 Å². The van der Waals surface area contributed by atoms with E-state index in [1.165, 1.54) is 18.4 Å². The molecule has 0 aliphatic carbocycles. The van der Waals surface area contributed by atoms with Crippen molar-refractivity contribution in [2.45, 2.75) is 12.4 Å². The van der Waals surface area contributed by atoms with Crippen LogP contribution < -0.4 is 0 Å². The van der Waals surface area contributed by atoms with Gasteiger partial charge in [-0.3, -0.25) is 0 Å². The number of aliphatic hydroxyl groups excluding tert-OH is 1. The summed E-state index contributed by atoms with van der Waals surface area (Å²) < 4.78 is 24.3. The van der Waals surface area contributed by atoms with Crippen LogP contribution in [0.3, 0.4) is 0 Å². The molecule has 0 spiro atoms. The zero-order chi connectivity index (χ0) is 11.5. The molecule has 0 radical (unpaired) electrons. The highest BCUT2D eigenvalue weighted by Gasteiger charge is 2.14. The molecule has 0 saturated carbocycles. The maximum atomic E-state index is 11.6. The lowest BCUT2D eigenvalue weighted by Gasteiger charge is -2.11. The second-order valence-electron chi connectivity index (χ2n) is 3.52. The Bertz CT molecular complexity index is 426. The fraction of sp³-hybridized carbons (Fsp3) is 0.400. The number of rotatable bonds is 4. The van der Waals surface area contributed by atoms with Crippen molar-refractivity contribution in [1.82, 2.24) is 4.31 Å². The molecule has 4 nitrogen and oxygen atoms in total. The summed E-state index contributed by atoms with van der Waals surface area (Å²) in [6.07, 6.45) is 0. The van der Waals surface area contributed by atoms with E-state index in [1.54, 1.807) is 24.3 Å². The van der Waals surface area contributed by atoms with Crippen LogP contribution in [-0.4, -0.2) is 31.9 Å². The minimum absolute atomic E-state index is 0.0339. The lowest BCUT2D eigenvalue weighted by molar-refractivity contribution is 0.281. The standard InChI is InChI=1S/C10H15NO3S/c1-11(2)15(13,14)8-10-5-3-4-9(6-10)7-12/h3-6,12H,7-8H2,1-2H3. The van der Waals surface area contributed by atoms with Gasteiger partial charge in [-0.1, -0.05) is 24.3 Å². The van der Waals surface area contributed by atoms with Crippen LogP contribution >= 0.6 is 0 Å². The van der Waals surface area contributed by atoms with Gasteiger partial charge in [0.15, 0.2) is 0 Å². The first kappa shape index (κ1) is 12.2. The van der Waals surface area contributed by atoms with Crippen LogP contribution in [0.4, 0.5) is 0 Å². The van der Waals surface area contributed by atoms with Gasteiger partial charge in [0.1, 0.15) is 0 Å². The molecule has 0 aliphatic heterocycles. The summed E-state index contributed by atoms with van der Waals surface area (Å²) in [6.45, 7) is -0.0736. The van der Waals surface area contributed by atoms with E-state index in [2.05, 4.69) is 0 Å². The molecule has 0 aliphatic rings. The molecule has 1 N–H and O–H groups in total. The van der Waals surface area contributed by atoms with E-state index in [0.717, 1.165) is 5.56 Å². The van der Waals surface area contributed by atoms with Gasteiger partial charge in [-0.2, -0.15) is 0 Å². The molecule has 0 aromatic heterocycles. The van der Waals surface area contributed by atoms with Gasteiger partial charge < -0.3 is 5.11 Å². The summed E-state index contributed by atoms with van der Waals surface area (Å²) in [5.74, 6) is -0.0339. The maximum absolute atomic E-state index is 11.6. The van der Waals surface area contributed by atoms with Gasteiger partial charge in [0.05, 0.1) is 12.4 Å². The Morgan fingerprint density at radius 1 is 1.27 bits per heavy atom. The Kier molecular flexibility index (Phi) is 3.84. The molecule has 1 aromatic rings. The van der Waals surface area contributed by atoms with Crippen molar-refractivity contribution in [3.63, 3.8) is 0 Å². The highest BCUT2D eigenvalue weighted by atomic mass is 32.2. The van der Waals surface area contributed by atoms with E-state index >= 15 is 0 Å². The highest BCUT2D eigenvalue weighted by Crippen LogP contribution is 2.10. The first-order valence-corrected chi connectivity index (χ1v) is 6.15. The van der Waals surface area contributed by atoms with E-state index < -0.39 is 10.0 Å². The number of sulfonamides is 1. The molecule has 0 heterocycles. The zero-order valence-corrected chi connectivity index (χ0v) is 9.66. The van der Waals surface area contributed by atoms with Gasteiger partial charge in [-0.15, -0.1) is 0 Å². The molecule has 0 amide bonds. The van der Waals surface area contributed by atoms with Gasteiger partial charge in [-0.25, -0.2) is 12.7 Å². The third kappa shape index (κ3) is 3.30. The zero-order valence-electron chi connectivity index (χ0n) is 8.84. The topological polar surface area (TPSA) is 57.6 Å². The van der Waals surface area contributed by atoms with Crippen LogP contribution in [0.15, 0.2) is 24.3 Å². The average Bonchev–Trinajstić information content (AvgIpc) is 2.17. The summed E-state index contributed by atoms with van der Waals surface area (Å²) in [6, 6.07) is 6.93. The molecule has 0 unspecified atom stereocenters. The second kappa shape index (κ2) is 4.74. The van der Waals surface area contributed by atoms with Crippen LogP contribution in [-0.2, 0) is 22.4 Å². The van der Waals surface area contributed by atoms with Crippen molar-refractivity contribution in [2.75, 3.05) is 14.1 Å². The van der Waals surface area contributed by atoms with E-state index in [-0.39, 0.29) is 12.4 Å². The lowest BCUT2D eigenvalue weighted by atomic mass is 10.1. The molecule has 0 atom stereocenters. The van der Waals surface area contributed by atoms with Crippen LogP contribution in [0.2, 0.25) is 0 Å². The quantitative estimate of drug-likeness (QED) is 0.821. The van der Waals surface area contributed by atoms with E-state index in [1.807, 2.05) is 0 Å². The minimum Gasteiger partial charge on any atom is -0.392 e. The Balaban J connectivity index is 2.90. The SMILES string of the molecule is CN(C)S(=O)(=O)Cc1cccc(CO)c1. The molecule has 15 heavy (non-hydrogen) atoms. The van der Waals surface area contributed by atoms with E-state index in [4.69, 9.17) is 5.11 Å². The fourth-order valence-corrected chi connectivity index (χ4v) is 2.02. The van der Waals surface area contributed by atoms with Gasteiger partial charge in [-0.05, 0) is 11.1 Å². The van der Waals surface area contributed by atoms with Crippen molar-refractivity contribution in [2.24, 2.45) is 0 Å². The second-order valence-corrected chi connectivity index (χ2v) is 5.70. The highest BCUT2D eigenvalue weighted by molar-refractivity contribution is 7.88. The number of aliphatic hydroxyl groups is 1. The normalized spacial score (nSPS) is 12.0. The number of hydrogen-bond donors (Lipinski definition) is 1. The summed E-state index contributed by atoms with van der Waals surface area (Å²) in [5.41, 5.74) is 1.41. The van der Waals surface area contributed by atoms with Gasteiger partial charge in [0.25, 0.3) is 0 Å². The monoisotopic (exact) mass is 229 g/mol. The third-order valence-corrected chi connectivity index (χ3v) is 3.89. The lowest BCUT2D eigenvalue weighted by Crippen LogP contribution is -2.23. The molecule has 1 rings (SSSR count). The molecule has 84 valence electrons. The van der Waals surface area contributed by atoms with Crippen molar-refractivity contribution in [3.05, 3.63) is 35.4 Å². The molecule has 5 heteroatoms. The largest absolute Gasteiger partial charge is 0.392 e. The predicted molar refractivity (Wildman–Crippen MR) is 58.7 cm³/mol. The average molecular weight is 229 g/mol. The van der Waals surface area contributed by atoms with E-state index in [0.29, 0.717) is 5.56 Å². The van der Waals surface area contributed by atoms with Crippen LogP contribution in [0.25, 0.3) is 0 Å². The number of hydrogen-bond acceptors (Lipinski definition) is 3. The molecular weight excluding hydrogens is 214 g/mol. The van der Waals surface area contributed by atoms with Crippen LogP contribution in [0.5, 0.6) is 0 Å². The van der Waals surface area contributed by atoms with Gasteiger partial charge in [0.2, 0.25) is 10.0 Å². The smallest absolute Gasteiger partial charge is 0.217 e. The molecule has 0 fully saturated rings. The summed E-state index contributed by atoms with van der Waals surface area (Å²) in [4.78, 5) is 0. The molecule has 0 bridgehead atoms. The Labute approximate surface area is 90.2 Å². The Hall–Kier alpha value is -0.910. The Morgan fingerprint density at radius 3 is 2.40 bits per heavy atom. The van der Waals surface area contributed by atoms with E-state index in [9.17, 15) is 8.42 Å². The van der Waals surface area contributed by atoms with Crippen molar-refractivity contribution in [3.8, 4) is 0 Å². The Morgan fingerprint density at radius 2 is 1.87 bits per heavy atom. The number of benzene rings is 1. The molecule has 1 aromatic carbocycles. The molecule has 0 saturated heterocycles. The molecular formula is C10H15NO3S. The summed E-state index contributed by atoms with van der Waals surface area (Å²) in [5, 5.41) is 8.91. The van der Waals surface area contributed by atoms with Gasteiger partial charge in [0, 0.05) is 14.1 Å². The first-order chi connectivity index (χ1) is 6.95. The fourth-order valence-electron chi connectivity index (χ4n) is 1.16. The minimum atomic E-state index is -3.22. The summed E-state index contributed by atoms with van der Waals surface area (Å²) in [7, 11) is -0.214. The van der Waals surface area contributed by atoms with Gasteiger partial charge >= 0.3 is 0 Å². The van der Waals surface area contributed by atoms with Crippen LogP contribution in [0.1, 0.15) is 11.1 Å². The van der Waals surface area contributed by atoms with Crippen molar-refractivity contribution < 1.29 is 13.5 Å². The number of nitrogens with zero attached hydrogens (tertiary/aromatic N) is 1.